The molecule has 0 saturated carbocycles. The minimum absolute atomic E-state index is 0.236. The van der Waals surface area contributed by atoms with Gasteiger partial charge in [-0.15, -0.1) is 0 Å². The van der Waals surface area contributed by atoms with E-state index in [1.54, 1.807) is 0 Å². The lowest BCUT2D eigenvalue weighted by molar-refractivity contribution is 0.286. The van der Waals surface area contributed by atoms with E-state index in [1.165, 1.54) is 0 Å². The summed E-state index contributed by atoms with van der Waals surface area (Å²) < 4.78 is 3.00. The highest BCUT2D eigenvalue weighted by Crippen LogP contribution is 2.21. The van der Waals surface area contributed by atoms with Crippen LogP contribution in [0.2, 0.25) is 0 Å². The number of aliphatic hydroxyl groups excluding tert-OH is 1. The van der Waals surface area contributed by atoms with Crippen LogP contribution in [0.4, 0.5) is 0 Å². The molecule has 15 heavy (non-hydrogen) atoms. The molecule has 0 aliphatic carbocycles. The monoisotopic (exact) mass is 275 g/mol. The van der Waals surface area contributed by atoms with Crippen LogP contribution in [-0.2, 0) is 20.0 Å². The van der Waals surface area contributed by atoms with Crippen molar-refractivity contribution in [2.75, 3.05) is 13.2 Å². The number of halogens is 1. The van der Waals surface area contributed by atoms with E-state index in [0.29, 0.717) is 0 Å². The normalized spacial score (nSPS) is 10.9. The van der Waals surface area contributed by atoms with Crippen molar-refractivity contribution >= 4 is 15.9 Å². The number of aromatic nitrogens is 2. The Hall–Kier alpha value is -0.390. The predicted octanol–water partition coefficient (Wildman–Crippen LogP) is 1.22. The molecule has 0 amide bonds. The number of hydrogen-bond donors (Lipinski definition) is 2. The minimum Gasteiger partial charge on any atom is -0.396 e. The zero-order valence-corrected chi connectivity index (χ0v) is 10.8. The molecule has 1 heterocycles. The number of hydrogen-bond acceptors (Lipinski definition) is 3. The molecule has 0 unspecified atom stereocenters. The van der Waals surface area contributed by atoms with Crippen LogP contribution in [0.3, 0.4) is 0 Å². The summed E-state index contributed by atoms with van der Waals surface area (Å²) in [6.45, 7) is 3.94. The fourth-order valence-electron chi connectivity index (χ4n) is 1.42. The minimum atomic E-state index is 0.236. The number of rotatable bonds is 6. The van der Waals surface area contributed by atoms with Gasteiger partial charge in [0.05, 0.1) is 15.9 Å². The molecule has 5 heteroatoms. The maximum Gasteiger partial charge on any atom is 0.0767 e. The van der Waals surface area contributed by atoms with Crippen LogP contribution in [-0.4, -0.2) is 28.0 Å². The van der Waals surface area contributed by atoms with Gasteiger partial charge in [-0.05, 0) is 35.3 Å². The van der Waals surface area contributed by atoms with E-state index >= 15 is 0 Å². The first-order valence-corrected chi connectivity index (χ1v) is 6.01. The number of aryl methyl sites for hydroxylation is 2. The van der Waals surface area contributed by atoms with Gasteiger partial charge in [0.25, 0.3) is 0 Å². The Morgan fingerprint density at radius 2 is 2.27 bits per heavy atom. The molecule has 1 aromatic heterocycles. The van der Waals surface area contributed by atoms with Gasteiger partial charge in [0.15, 0.2) is 0 Å². The van der Waals surface area contributed by atoms with E-state index in [-0.39, 0.29) is 6.61 Å². The number of aliphatic hydroxyl groups is 1. The summed E-state index contributed by atoms with van der Waals surface area (Å²) in [5.41, 5.74) is 2.25. The molecule has 86 valence electrons. The van der Waals surface area contributed by atoms with E-state index in [0.717, 1.165) is 41.8 Å². The van der Waals surface area contributed by atoms with E-state index in [9.17, 15) is 0 Å². The van der Waals surface area contributed by atoms with Crippen LogP contribution in [0.25, 0.3) is 0 Å². The second-order valence-corrected chi connectivity index (χ2v) is 4.23. The van der Waals surface area contributed by atoms with Gasteiger partial charge in [-0.2, -0.15) is 5.10 Å². The lowest BCUT2D eigenvalue weighted by atomic mass is 10.3. The van der Waals surface area contributed by atoms with E-state index in [1.807, 2.05) is 11.7 Å². The molecule has 0 spiro atoms. The third kappa shape index (κ3) is 3.29. The van der Waals surface area contributed by atoms with Crippen molar-refractivity contribution in [3.63, 3.8) is 0 Å². The Kier molecular flexibility index (Phi) is 5.28. The van der Waals surface area contributed by atoms with Gasteiger partial charge >= 0.3 is 0 Å². The van der Waals surface area contributed by atoms with Gasteiger partial charge in [-0.1, -0.05) is 6.92 Å². The van der Waals surface area contributed by atoms with E-state index in [4.69, 9.17) is 5.11 Å². The zero-order valence-electron chi connectivity index (χ0n) is 9.26. The lowest BCUT2D eigenvalue weighted by Crippen LogP contribution is -2.18. The maximum atomic E-state index is 8.65. The molecule has 0 aliphatic heterocycles. The first-order valence-electron chi connectivity index (χ1n) is 5.22. The first kappa shape index (κ1) is 12.7. The summed E-state index contributed by atoms with van der Waals surface area (Å²) in [6, 6.07) is 0. The van der Waals surface area contributed by atoms with Gasteiger partial charge in [0.1, 0.15) is 0 Å². The molecule has 4 nitrogen and oxygen atoms in total. The molecule has 0 saturated heterocycles. The van der Waals surface area contributed by atoms with Crippen molar-refractivity contribution in [3.05, 3.63) is 15.9 Å². The molecule has 2 N–H and O–H groups in total. The van der Waals surface area contributed by atoms with Crippen LogP contribution in [0.5, 0.6) is 0 Å². The summed E-state index contributed by atoms with van der Waals surface area (Å²) >= 11 is 3.56. The van der Waals surface area contributed by atoms with Gasteiger partial charge < -0.3 is 10.4 Å². The fourth-order valence-corrected chi connectivity index (χ4v) is 2.18. The largest absolute Gasteiger partial charge is 0.396 e. The molecule has 0 radical (unpaired) electrons. The summed E-state index contributed by atoms with van der Waals surface area (Å²) in [6.07, 6.45) is 1.72. The van der Waals surface area contributed by atoms with Crippen LogP contribution in [0.15, 0.2) is 4.47 Å². The van der Waals surface area contributed by atoms with Crippen LogP contribution in [0, 0.1) is 0 Å². The fraction of sp³-hybridized carbons (Fsp3) is 0.700. The van der Waals surface area contributed by atoms with Crippen molar-refractivity contribution in [2.24, 2.45) is 7.05 Å². The molecule has 0 fully saturated rings. The summed E-state index contributed by atoms with van der Waals surface area (Å²) in [5, 5.41) is 16.3. The standard InChI is InChI=1S/C10H18BrN3O/c1-3-8-10(11)9(14(2)13-8)7-12-5-4-6-15/h12,15H,3-7H2,1-2H3. The van der Waals surface area contributed by atoms with Gasteiger partial charge in [0, 0.05) is 20.2 Å². The third-order valence-electron chi connectivity index (χ3n) is 2.31. The Labute approximate surface area is 98.8 Å². The Morgan fingerprint density at radius 1 is 1.53 bits per heavy atom. The van der Waals surface area contributed by atoms with Crippen molar-refractivity contribution in [1.29, 1.82) is 0 Å². The molecule has 0 atom stereocenters. The summed E-state index contributed by atoms with van der Waals surface area (Å²) in [5.74, 6) is 0. The van der Waals surface area contributed by atoms with Crippen molar-refractivity contribution in [2.45, 2.75) is 26.3 Å². The molecular weight excluding hydrogens is 258 g/mol. The number of nitrogens with zero attached hydrogens (tertiary/aromatic N) is 2. The molecule has 1 rings (SSSR count). The molecule has 0 aromatic carbocycles. The second-order valence-electron chi connectivity index (χ2n) is 3.44. The second kappa shape index (κ2) is 6.25. The average Bonchev–Trinajstić information content (AvgIpc) is 2.50. The van der Waals surface area contributed by atoms with Crippen LogP contribution >= 0.6 is 15.9 Å². The van der Waals surface area contributed by atoms with Crippen molar-refractivity contribution in [3.8, 4) is 0 Å². The van der Waals surface area contributed by atoms with E-state index < -0.39 is 0 Å². The quantitative estimate of drug-likeness (QED) is 0.768. The maximum absolute atomic E-state index is 8.65. The lowest BCUT2D eigenvalue weighted by Gasteiger charge is -2.04. The third-order valence-corrected chi connectivity index (χ3v) is 3.22. The molecule has 0 aliphatic rings. The Morgan fingerprint density at radius 3 is 2.80 bits per heavy atom. The van der Waals surface area contributed by atoms with E-state index in [2.05, 4.69) is 33.3 Å². The molecule has 1 aromatic rings. The van der Waals surface area contributed by atoms with Crippen molar-refractivity contribution < 1.29 is 5.11 Å². The zero-order chi connectivity index (χ0) is 11.3. The average molecular weight is 276 g/mol. The van der Waals surface area contributed by atoms with Gasteiger partial charge in [-0.25, -0.2) is 0 Å². The SMILES string of the molecule is CCc1nn(C)c(CNCCCO)c1Br. The Balaban J connectivity index is 2.56. The van der Waals surface area contributed by atoms with Gasteiger partial charge in [0.2, 0.25) is 0 Å². The van der Waals surface area contributed by atoms with Crippen LogP contribution < -0.4 is 5.32 Å². The molecular formula is C10H18BrN3O. The van der Waals surface area contributed by atoms with Gasteiger partial charge in [-0.3, -0.25) is 4.68 Å². The highest BCUT2D eigenvalue weighted by atomic mass is 79.9. The highest BCUT2D eigenvalue weighted by molar-refractivity contribution is 9.10. The summed E-state index contributed by atoms with van der Waals surface area (Å²) in [7, 11) is 1.95. The first-order chi connectivity index (χ1) is 7.20. The highest BCUT2D eigenvalue weighted by Gasteiger charge is 2.11. The summed E-state index contributed by atoms with van der Waals surface area (Å²) in [4.78, 5) is 0. The Bertz CT molecular complexity index is 312. The van der Waals surface area contributed by atoms with Crippen molar-refractivity contribution in [1.82, 2.24) is 15.1 Å². The topological polar surface area (TPSA) is 50.1 Å². The predicted molar refractivity (Wildman–Crippen MR) is 63.7 cm³/mol. The number of nitrogens with one attached hydrogen (secondary N) is 1. The molecule has 0 bridgehead atoms. The smallest absolute Gasteiger partial charge is 0.0767 e. The van der Waals surface area contributed by atoms with Crippen LogP contribution in [0.1, 0.15) is 24.7 Å².